The van der Waals surface area contributed by atoms with Crippen molar-refractivity contribution in [1.82, 2.24) is 10.6 Å². The van der Waals surface area contributed by atoms with E-state index in [1.54, 1.807) is 33.1 Å². The van der Waals surface area contributed by atoms with Gasteiger partial charge in [0, 0.05) is 6.04 Å². The Morgan fingerprint density at radius 1 is 1.24 bits per heavy atom. The van der Waals surface area contributed by atoms with Gasteiger partial charge in [0.25, 0.3) is 0 Å². The van der Waals surface area contributed by atoms with Gasteiger partial charge in [0.1, 0.15) is 11.7 Å². The standard InChI is InChI=1S/C15H20N2O4/c1-4-21-14(18)12-9(2)16-15(19)17-13(12)10-5-7-11(20-3)8-6-10/h5-9,12-13H,4H2,1-3H3,(H2,16,17,19). The molecule has 1 aromatic carbocycles. The molecule has 1 heterocycles. The number of urea groups is 1. The van der Waals surface area contributed by atoms with E-state index in [0.717, 1.165) is 11.3 Å². The van der Waals surface area contributed by atoms with Crippen molar-refractivity contribution in [3.63, 3.8) is 0 Å². The Kier molecular flexibility index (Phi) is 4.67. The molecule has 0 saturated carbocycles. The molecule has 1 fully saturated rings. The van der Waals surface area contributed by atoms with E-state index in [0.29, 0.717) is 6.61 Å². The van der Waals surface area contributed by atoms with Crippen molar-refractivity contribution in [3.05, 3.63) is 29.8 Å². The topological polar surface area (TPSA) is 76.7 Å². The van der Waals surface area contributed by atoms with Crippen molar-refractivity contribution in [1.29, 1.82) is 0 Å². The number of benzene rings is 1. The van der Waals surface area contributed by atoms with E-state index >= 15 is 0 Å². The molecule has 2 amide bonds. The molecule has 2 N–H and O–H groups in total. The highest BCUT2D eigenvalue weighted by Gasteiger charge is 2.40. The van der Waals surface area contributed by atoms with Crippen LogP contribution in [0.5, 0.6) is 5.75 Å². The van der Waals surface area contributed by atoms with Crippen LogP contribution in [0.1, 0.15) is 25.5 Å². The molecule has 1 aliphatic rings. The fourth-order valence-corrected chi connectivity index (χ4v) is 2.54. The highest BCUT2D eigenvalue weighted by Crippen LogP contribution is 2.30. The second-order valence-corrected chi connectivity index (χ2v) is 4.94. The molecule has 21 heavy (non-hydrogen) atoms. The number of carbonyl (C=O) groups excluding carboxylic acids is 2. The predicted molar refractivity (Wildman–Crippen MR) is 77.0 cm³/mol. The maximum absolute atomic E-state index is 12.2. The number of amides is 2. The van der Waals surface area contributed by atoms with Gasteiger partial charge in [0.15, 0.2) is 0 Å². The lowest BCUT2D eigenvalue weighted by Crippen LogP contribution is -2.57. The minimum atomic E-state index is -0.476. The number of nitrogens with one attached hydrogen (secondary N) is 2. The van der Waals surface area contributed by atoms with Crippen LogP contribution in [0, 0.1) is 5.92 Å². The van der Waals surface area contributed by atoms with Crippen molar-refractivity contribution in [2.24, 2.45) is 5.92 Å². The Balaban J connectivity index is 2.29. The summed E-state index contributed by atoms with van der Waals surface area (Å²) in [7, 11) is 1.59. The number of rotatable bonds is 4. The van der Waals surface area contributed by atoms with Gasteiger partial charge in [-0.15, -0.1) is 0 Å². The van der Waals surface area contributed by atoms with Gasteiger partial charge in [-0.1, -0.05) is 12.1 Å². The summed E-state index contributed by atoms with van der Waals surface area (Å²) in [5, 5.41) is 5.51. The van der Waals surface area contributed by atoms with Crippen LogP contribution in [0.3, 0.4) is 0 Å². The summed E-state index contributed by atoms with van der Waals surface area (Å²) in [5.74, 6) is -0.0749. The molecule has 3 atom stereocenters. The van der Waals surface area contributed by atoms with E-state index in [1.165, 1.54) is 0 Å². The fraction of sp³-hybridized carbons (Fsp3) is 0.467. The maximum Gasteiger partial charge on any atom is 0.315 e. The van der Waals surface area contributed by atoms with Crippen molar-refractivity contribution in [2.45, 2.75) is 25.9 Å². The summed E-state index contributed by atoms with van der Waals surface area (Å²) < 4.78 is 10.2. The van der Waals surface area contributed by atoms with Gasteiger partial charge in [0.2, 0.25) is 0 Å². The first kappa shape index (κ1) is 15.2. The Morgan fingerprint density at radius 2 is 1.90 bits per heavy atom. The van der Waals surface area contributed by atoms with Crippen molar-refractivity contribution >= 4 is 12.0 Å². The number of hydrogen-bond donors (Lipinski definition) is 2. The third-order valence-electron chi connectivity index (χ3n) is 3.58. The molecular weight excluding hydrogens is 272 g/mol. The molecule has 6 heteroatoms. The van der Waals surface area contributed by atoms with E-state index in [1.807, 2.05) is 12.1 Å². The minimum absolute atomic E-state index is 0.288. The molecule has 114 valence electrons. The van der Waals surface area contributed by atoms with Gasteiger partial charge >= 0.3 is 12.0 Å². The van der Waals surface area contributed by atoms with E-state index in [9.17, 15) is 9.59 Å². The molecule has 2 rings (SSSR count). The highest BCUT2D eigenvalue weighted by atomic mass is 16.5. The zero-order valence-electron chi connectivity index (χ0n) is 12.4. The van der Waals surface area contributed by atoms with E-state index in [4.69, 9.17) is 9.47 Å². The molecule has 0 aromatic heterocycles. The third-order valence-corrected chi connectivity index (χ3v) is 3.58. The largest absolute Gasteiger partial charge is 0.497 e. The van der Waals surface area contributed by atoms with E-state index in [-0.39, 0.29) is 18.0 Å². The van der Waals surface area contributed by atoms with Crippen LogP contribution in [-0.4, -0.2) is 31.8 Å². The van der Waals surface area contributed by atoms with Gasteiger partial charge in [-0.05, 0) is 31.5 Å². The summed E-state index contributed by atoms with van der Waals surface area (Å²) >= 11 is 0. The SMILES string of the molecule is CCOC(=O)C1C(C)NC(=O)NC1c1ccc(OC)cc1. The van der Waals surface area contributed by atoms with Gasteiger partial charge in [-0.2, -0.15) is 0 Å². The summed E-state index contributed by atoms with van der Waals surface area (Å²) in [5.41, 5.74) is 0.843. The Bertz CT molecular complexity index is 515. The lowest BCUT2D eigenvalue weighted by molar-refractivity contribution is -0.150. The fourth-order valence-electron chi connectivity index (χ4n) is 2.54. The Labute approximate surface area is 123 Å². The normalized spacial score (nSPS) is 24.7. The molecule has 1 saturated heterocycles. The molecule has 0 aliphatic carbocycles. The van der Waals surface area contributed by atoms with Gasteiger partial charge in [-0.3, -0.25) is 4.79 Å². The van der Waals surface area contributed by atoms with Crippen LogP contribution in [0.25, 0.3) is 0 Å². The second kappa shape index (κ2) is 6.47. The molecule has 1 aliphatic heterocycles. The first-order valence-corrected chi connectivity index (χ1v) is 6.94. The second-order valence-electron chi connectivity index (χ2n) is 4.94. The molecule has 0 spiro atoms. The van der Waals surface area contributed by atoms with Crippen molar-refractivity contribution in [3.8, 4) is 5.75 Å². The highest BCUT2D eigenvalue weighted by molar-refractivity contribution is 5.82. The first-order valence-electron chi connectivity index (χ1n) is 6.94. The average molecular weight is 292 g/mol. The molecule has 3 unspecified atom stereocenters. The van der Waals surface area contributed by atoms with Gasteiger partial charge in [-0.25, -0.2) is 4.79 Å². The third kappa shape index (κ3) is 3.26. The average Bonchev–Trinajstić information content (AvgIpc) is 2.46. The Hall–Kier alpha value is -2.24. The summed E-state index contributed by atoms with van der Waals surface area (Å²) in [6.45, 7) is 3.88. The van der Waals surface area contributed by atoms with Gasteiger partial charge < -0.3 is 20.1 Å². The van der Waals surface area contributed by atoms with Crippen LogP contribution in [0.4, 0.5) is 4.79 Å². The number of carbonyl (C=O) groups is 2. The summed E-state index contributed by atoms with van der Waals surface area (Å²) in [4.78, 5) is 23.9. The lowest BCUT2D eigenvalue weighted by atomic mass is 9.86. The van der Waals surface area contributed by atoms with Crippen LogP contribution < -0.4 is 15.4 Å². The summed E-state index contributed by atoms with van der Waals surface area (Å²) in [6.07, 6.45) is 0. The quantitative estimate of drug-likeness (QED) is 0.827. The predicted octanol–water partition coefficient (Wildman–Crippen LogP) is 1.62. The monoisotopic (exact) mass is 292 g/mol. The maximum atomic E-state index is 12.2. The zero-order valence-corrected chi connectivity index (χ0v) is 12.4. The van der Waals surface area contributed by atoms with Crippen molar-refractivity contribution in [2.75, 3.05) is 13.7 Å². The molecular formula is C15H20N2O4. The van der Waals surface area contributed by atoms with E-state index < -0.39 is 12.0 Å². The Morgan fingerprint density at radius 3 is 2.48 bits per heavy atom. The first-order chi connectivity index (χ1) is 10.1. The van der Waals surface area contributed by atoms with Crippen LogP contribution in [-0.2, 0) is 9.53 Å². The van der Waals surface area contributed by atoms with Crippen LogP contribution in [0.15, 0.2) is 24.3 Å². The molecule has 0 bridgehead atoms. The van der Waals surface area contributed by atoms with E-state index in [2.05, 4.69) is 10.6 Å². The molecule has 0 radical (unpaired) electrons. The lowest BCUT2D eigenvalue weighted by Gasteiger charge is -2.36. The van der Waals surface area contributed by atoms with Crippen molar-refractivity contribution < 1.29 is 19.1 Å². The number of ether oxygens (including phenoxy) is 2. The number of methoxy groups -OCH3 is 1. The van der Waals surface area contributed by atoms with Crippen LogP contribution >= 0.6 is 0 Å². The number of esters is 1. The number of hydrogen-bond acceptors (Lipinski definition) is 4. The summed E-state index contributed by atoms with van der Waals surface area (Å²) in [6, 6.07) is 6.28. The van der Waals surface area contributed by atoms with Gasteiger partial charge in [0.05, 0.1) is 19.8 Å². The smallest absolute Gasteiger partial charge is 0.315 e. The minimum Gasteiger partial charge on any atom is -0.497 e. The zero-order chi connectivity index (χ0) is 15.4. The molecule has 6 nitrogen and oxygen atoms in total. The molecule has 1 aromatic rings. The van der Waals surface area contributed by atoms with Crippen LogP contribution in [0.2, 0.25) is 0 Å².